The molecule has 1 aliphatic heterocycles. The molecule has 1 aromatic rings. The summed E-state index contributed by atoms with van der Waals surface area (Å²) in [5, 5.41) is 14.0. The average Bonchev–Trinajstić information content (AvgIpc) is 3.05. The Balaban J connectivity index is 1.93. The molecule has 0 unspecified atom stereocenters. The lowest BCUT2D eigenvalue weighted by Crippen LogP contribution is -2.31. The van der Waals surface area contributed by atoms with E-state index in [2.05, 4.69) is 10.3 Å². The second-order valence-electron chi connectivity index (χ2n) is 6.19. The van der Waals surface area contributed by atoms with E-state index < -0.39 is 11.9 Å². The maximum atomic E-state index is 12.3. The first-order valence-electron chi connectivity index (χ1n) is 7.53. The molecule has 0 radical (unpaired) electrons. The van der Waals surface area contributed by atoms with Gasteiger partial charge in [0, 0.05) is 24.4 Å². The van der Waals surface area contributed by atoms with Gasteiger partial charge in [0.1, 0.15) is 0 Å². The Morgan fingerprint density at radius 1 is 1.43 bits per heavy atom. The Bertz CT molecular complexity index is 614. The van der Waals surface area contributed by atoms with E-state index in [4.69, 9.17) is 5.11 Å². The minimum Gasteiger partial charge on any atom is -0.481 e. The lowest BCUT2D eigenvalue weighted by Gasteiger charge is -2.14. The van der Waals surface area contributed by atoms with Crippen LogP contribution in [0.5, 0.6) is 0 Å². The molecule has 2 heterocycles. The first kappa shape index (κ1) is 17.4. The predicted octanol–water partition coefficient (Wildman–Crippen LogP) is 1.46. The zero-order chi connectivity index (χ0) is 17.1. The molecule has 2 amide bonds. The number of hydrogen-bond acceptors (Lipinski definition) is 5. The van der Waals surface area contributed by atoms with Crippen molar-refractivity contribution >= 4 is 34.3 Å². The lowest BCUT2D eigenvalue weighted by atomic mass is 9.99. The van der Waals surface area contributed by atoms with Crippen molar-refractivity contribution in [3.8, 4) is 0 Å². The summed E-state index contributed by atoms with van der Waals surface area (Å²) in [6.07, 6.45) is 0.118. The van der Waals surface area contributed by atoms with Gasteiger partial charge in [-0.1, -0.05) is 20.8 Å². The van der Waals surface area contributed by atoms with Gasteiger partial charge in [-0.15, -0.1) is 11.3 Å². The third-order valence-electron chi connectivity index (χ3n) is 3.92. The normalized spacial score (nSPS) is 20.8. The van der Waals surface area contributed by atoms with Crippen molar-refractivity contribution in [1.29, 1.82) is 0 Å². The van der Waals surface area contributed by atoms with Crippen LogP contribution in [0.15, 0.2) is 5.38 Å². The molecule has 1 aliphatic rings. The van der Waals surface area contributed by atoms with Crippen molar-refractivity contribution in [2.24, 2.45) is 17.8 Å². The van der Waals surface area contributed by atoms with Gasteiger partial charge in [0.25, 0.3) is 0 Å². The minimum atomic E-state index is -0.861. The first-order chi connectivity index (χ1) is 10.8. The molecule has 0 aliphatic carbocycles. The molecule has 23 heavy (non-hydrogen) atoms. The van der Waals surface area contributed by atoms with Gasteiger partial charge in [0.15, 0.2) is 5.13 Å². The molecule has 0 aromatic carbocycles. The van der Waals surface area contributed by atoms with Crippen LogP contribution in [0.4, 0.5) is 5.13 Å². The summed E-state index contributed by atoms with van der Waals surface area (Å²) in [6.45, 7) is 6.13. The van der Waals surface area contributed by atoms with Crippen LogP contribution in [0, 0.1) is 17.8 Å². The number of anilines is 1. The van der Waals surface area contributed by atoms with Crippen LogP contribution in [0.2, 0.25) is 0 Å². The Labute approximate surface area is 138 Å². The lowest BCUT2D eigenvalue weighted by molar-refractivity contribution is -0.142. The quantitative estimate of drug-likeness (QED) is 0.846. The van der Waals surface area contributed by atoms with Crippen molar-refractivity contribution in [2.75, 3.05) is 18.4 Å². The minimum absolute atomic E-state index is 0.0484. The fraction of sp³-hybridized carbons (Fsp3) is 0.600. The summed E-state index contributed by atoms with van der Waals surface area (Å²) in [5.74, 6) is -1.80. The van der Waals surface area contributed by atoms with Crippen molar-refractivity contribution in [1.82, 2.24) is 9.88 Å². The third kappa shape index (κ3) is 4.28. The van der Waals surface area contributed by atoms with Crippen LogP contribution in [0.1, 0.15) is 26.5 Å². The van der Waals surface area contributed by atoms with Gasteiger partial charge in [-0.2, -0.15) is 0 Å². The summed E-state index contributed by atoms with van der Waals surface area (Å²) in [7, 11) is 0. The highest BCUT2D eigenvalue weighted by Gasteiger charge is 2.36. The highest BCUT2D eigenvalue weighted by atomic mass is 32.1. The second kappa shape index (κ2) is 7.08. The van der Waals surface area contributed by atoms with E-state index in [1.54, 1.807) is 24.1 Å². The van der Waals surface area contributed by atoms with Gasteiger partial charge in [-0.25, -0.2) is 4.98 Å². The number of nitrogens with one attached hydrogen (secondary N) is 1. The number of carboxylic acids is 1. The van der Waals surface area contributed by atoms with E-state index in [0.29, 0.717) is 17.4 Å². The highest BCUT2D eigenvalue weighted by Crippen LogP contribution is 2.24. The molecular weight excluding hydrogens is 318 g/mol. The summed E-state index contributed by atoms with van der Waals surface area (Å²) in [6, 6.07) is 0. The first-order valence-corrected chi connectivity index (χ1v) is 8.41. The fourth-order valence-electron chi connectivity index (χ4n) is 2.45. The predicted molar refractivity (Wildman–Crippen MR) is 86.2 cm³/mol. The monoisotopic (exact) mass is 339 g/mol. The molecule has 8 heteroatoms. The van der Waals surface area contributed by atoms with E-state index >= 15 is 0 Å². The van der Waals surface area contributed by atoms with Gasteiger partial charge in [-0.3, -0.25) is 14.4 Å². The zero-order valence-corrected chi connectivity index (χ0v) is 14.2. The number of carbonyl (C=O) groups is 3. The molecular formula is C15H21N3O4S. The maximum Gasteiger partial charge on any atom is 0.308 e. The van der Waals surface area contributed by atoms with E-state index in [0.717, 1.165) is 0 Å². The summed E-state index contributed by atoms with van der Waals surface area (Å²) in [4.78, 5) is 40.8. The van der Waals surface area contributed by atoms with Crippen LogP contribution in [-0.2, 0) is 20.8 Å². The largest absolute Gasteiger partial charge is 0.481 e. The van der Waals surface area contributed by atoms with E-state index in [1.807, 2.05) is 6.92 Å². The number of carbonyl (C=O) groups excluding carboxylic acids is 2. The molecule has 0 saturated carbocycles. The smallest absolute Gasteiger partial charge is 0.308 e. The second-order valence-corrected chi connectivity index (χ2v) is 7.04. The molecule has 126 valence electrons. The molecule has 1 fully saturated rings. The Kier molecular flexibility index (Phi) is 5.35. The molecule has 0 bridgehead atoms. The summed E-state index contributed by atoms with van der Waals surface area (Å²) >= 11 is 1.28. The summed E-state index contributed by atoms with van der Waals surface area (Å²) < 4.78 is 0. The van der Waals surface area contributed by atoms with Gasteiger partial charge < -0.3 is 15.3 Å². The Morgan fingerprint density at radius 2 is 2.13 bits per heavy atom. The van der Waals surface area contributed by atoms with E-state index in [1.165, 1.54) is 11.3 Å². The fourth-order valence-corrected chi connectivity index (χ4v) is 3.17. The topological polar surface area (TPSA) is 99.6 Å². The van der Waals surface area contributed by atoms with Crippen molar-refractivity contribution in [2.45, 2.75) is 27.2 Å². The summed E-state index contributed by atoms with van der Waals surface area (Å²) in [5.41, 5.74) is 0.588. The number of nitrogens with zero attached hydrogens (tertiary/aromatic N) is 2. The molecule has 1 saturated heterocycles. The number of likely N-dealkylation sites (tertiary alicyclic amines) is 1. The Hall–Kier alpha value is -1.96. The SMILES string of the molecule is CC(C)C(=O)Nc1nc(CC(=O)N2C[C@@H](C)[C@H](C(=O)O)C2)cs1. The standard InChI is InChI=1S/C15H21N3O4S/c1-8(2)13(20)17-15-16-10(7-23-15)4-12(19)18-5-9(3)11(6-18)14(21)22/h7-9,11H,4-6H2,1-3H3,(H,21,22)(H,16,17,20)/t9-,11-/m1/s1. The van der Waals surface area contributed by atoms with Crippen molar-refractivity contribution < 1.29 is 19.5 Å². The van der Waals surface area contributed by atoms with Gasteiger partial charge in [0.2, 0.25) is 11.8 Å². The average molecular weight is 339 g/mol. The maximum absolute atomic E-state index is 12.3. The van der Waals surface area contributed by atoms with Crippen LogP contribution >= 0.6 is 11.3 Å². The van der Waals surface area contributed by atoms with E-state index in [-0.39, 0.29) is 36.6 Å². The van der Waals surface area contributed by atoms with E-state index in [9.17, 15) is 14.4 Å². The van der Waals surface area contributed by atoms with Crippen molar-refractivity contribution in [3.05, 3.63) is 11.1 Å². The number of hydrogen-bond donors (Lipinski definition) is 2. The van der Waals surface area contributed by atoms with Gasteiger partial charge >= 0.3 is 5.97 Å². The van der Waals surface area contributed by atoms with Crippen LogP contribution in [-0.4, -0.2) is 45.9 Å². The Morgan fingerprint density at radius 3 is 2.70 bits per heavy atom. The molecule has 1 aromatic heterocycles. The van der Waals surface area contributed by atoms with Gasteiger partial charge in [-0.05, 0) is 5.92 Å². The molecule has 0 spiro atoms. The zero-order valence-electron chi connectivity index (χ0n) is 13.4. The third-order valence-corrected chi connectivity index (χ3v) is 4.73. The number of thiazole rings is 1. The van der Waals surface area contributed by atoms with Crippen LogP contribution < -0.4 is 5.32 Å². The number of aromatic nitrogens is 1. The number of carboxylic acid groups (broad SMARTS) is 1. The van der Waals surface area contributed by atoms with Crippen LogP contribution in [0.25, 0.3) is 0 Å². The van der Waals surface area contributed by atoms with Gasteiger partial charge in [0.05, 0.1) is 18.0 Å². The molecule has 2 atom stereocenters. The number of amides is 2. The molecule has 2 N–H and O–H groups in total. The number of aliphatic carboxylic acids is 1. The van der Waals surface area contributed by atoms with Crippen LogP contribution in [0.3, 0.4) is 0 Å². The number of rotatable bonds is 5. The molecule has 2 rings (SSSR count). The van der Waals surface area contributed by atoms with Crippen molar-refractivity contribution in [3.63, 3.8) is 0 Å². The highest BCUT2D eigenvalue weighted by molar-refractivity contribution is 7.13. The molecule has 7 nitrogen and oxygen atoms in total.